The van der Waals surface area contributed by atoms with Crippen LogP contribution in [0.5, 0.6) is 0 Å². The van der Waals surface area contributed by atoms with Crippen LogP contribution in [-0.4, -0.2) is 37.8 Å². The number of hydrogen-bond acceptors (Lipinski definition) is 2. The van der Waals surface area contributed by atoms with Crippen LogP contribution < -0.4 is 5.73 Å². The zero-order valence-corrected chi connectivity index (χ0v) is 6.10. The van der Waals surface area contributed by atoms with Crippen molar-refractivity contribution in [2.75, 3.05) is 26.8 Å². The Morgan fingerprint density at radius 1 is 1.67 bits per heavy atom. The van der Waals surface area contributed by atoms with Gasteiger partial charge in [-0.25, -0.2) is 4.39 Å². The van der Waals surface area contributed by atoms with Gasteiger partial charge in [0.15, 0.2) is 0 Å². The highest BCUT2D eigenvalue weighted by Gasteiger charge is 1.99. The van der Waals surface area contributed by atoms with Crippen LogP contribution in [0.3, 0.4) is 0 Å². The van der Waals surface area contributed by atoms with Gasteiger partial charge in [0, 0.05) is 19.1 Å². The van der Waals surface area contributed by atoms with Crippen molar-refractivity contribution in [3.05, 3.63) is 0 Å². The van der Waals surface area contributed by atoms with E-state index in [0.717, 1.165) is 6.54 Å². The maximum atomic E-state index is 11.6. The summed E-state index contributed by atoms with van der Waals surface area (Å²) in [6.07, 6.45) is 0. The van der Waals surface area contributed by atoms with Crippen LogP contribution in [0, 0.1) is 0 Å². The van der Waals surface area contributed by atoms with Crippen LogP contribution >= 0.6 is 0 Å². The van der Waals surface area contributed by atoms with Gasteiger partial charge in [-0.1, -0.05) is 0 Å². The number of rotatable bonds is 4. The fourth-order valence-corrected chi connectivity index (χ4v) is 0.727. The summed E-state index contributed by atoms with van der Waals surface area (Å²) >= 11 is 0. The Morgan fingerprint density at radius 3 is 2.56 bits per heavy atom. The topological polar surface area (TPSA) is 29.3 Å². The first-order valence-electron chi connectivity index (χ1n) is 3.17. The molecule has 0 aromatic heterocycles. The maximum Gasteiger partial charge on any atom is 0.102 e. The van der Waals surface area contributed by atoms with Crippen LogP contribution in [0.25, 0.3) is 0 Å². The molecule has 0 aromatic carbocycles. The third-order valence-corrected chi connectivity index (χ3v) is 1.07. The Hall–Kier alpha value is -0.150. The summed E-state index contributed by atoms with van der Waals surface area (Å²) in [6, 6.07) is 0.140. The van der Waals surface area contributed by atoms with E-state index in [2.05, 4.69) is 0 Å². The number of nitrogens with zero attached hydrogens (tertiary/aromatic N) is 1. The van der Waals surface area contributed by atoms with Gasteiger partial charge in [0.1, 0.15) is 6.67 Å². The Kier molecular flexibility index (Phi) is 4.62. The van der Waals surface area contributed by atoms with E-state index in [0.29, 0.717) is 6.54 Å². The number of halogens is 1. The van der Waals surface area contributed by atoms with E-state index in [1.807, 2.05) is 18.9 Å². The van der Waals surface area contributed by atoms with E-state index in [9.17, 15) is 4.39 Å². The Morgan fingerprint density at radius 2 is 2.22 bits per heavy atom. The molecule has 0 saturated heterocycles. The molecular formula is C6H15FN2. The maximum absolute atomic E-state index is 11.6. The van der Waals surface area contributed by atoms with E-state index in [1.165, 1.54) is 0 Å². The molecule has 0 bridgehead atoms. The normalized spacial score (nSPS) is 14.3. The van der Waals surface area contributed by atoms with Gasteiger partial charge in [0.2, 0.25) is 0 Å². The summed E-state index contributed by atoms with van der Waals surface area (Å²) < 4.78 is 11.6. The predicted molar refractivity (Wildman–Crippen MR) is 37.1 cm³/mol. The van der Waals surface area contributed by atoms with Crippen LogP contribution in [0.15, 0.2) is 0 Å². The molecule has 2 nitrogen and oxygen atoms in total. The fraction of sp³-hybridized carbons (Fsp3) is 1.00. The van der Waals surface area contributed by atoms with Crippen molar-refractivity contribution in [3.63, 3.8) is 0 Å². The first kappa shape index (κ1) is 8.85. The molecule has 0 radical (unpaired) electrons. The van der Waals surface area contributed by atoms with Gasteiger partial charge in [0.25, 0.3) is 0 Å². The molecule has 0 aromatic rings. The molecule has 0 spiro atoms. The van der Waals surface area contributed by atoms with Crippen molar-refractivity contribution in [1.29, 1.82) is 0 Å². The van der Waals surface area contributed by atoms with Gasteiger partial charge < -0.3 is 10.6 Å². The van der Waals surface area contributed by atoms with Crippen LogP contribution in [0.2, 0.25) is 0 Å². The summed E-state index contributed by atoms with van der Waals surface area (Å²) in [4.78, 5) is 1.88. The van der Waals surface area contributed by atoms with Crippen molar-refractivity contribution in [2.45, 2.75) is 13.0 Å². The van der Waals surface area contributed by atoms with Gasteiger partial charge in [0.05, 0.1) is 0 Å². The van der Waals surface area contributed by atoms with Gasteiger partial charge in [-0.2, -0.15) is 0 Å². The van der Waals surface area contributed by atoms with Crippen LogP contribution in [-0.2, 0) is 0 Å². The van der Waals surface area contributed by atoms with Gasteiger partial charge >= 0.3 is 0 Å². The molecule has 0 heterocycles. The van der Waals surface area contributed by atoms with Crippen molar-refractivity contribution < 1.29 is 4.39 Å². The molecule has 0 saturated carbocycles. The summed E-state index contributed by atoms with van der Waals surface area (Å²) in [7, 11) is 1.86. The van der Waals surface area contributed by atoms with E-state index < -0.39 is 0 Å². The van der Waals surface area contributed by atoms with Gasteiger partial charge in [-0.3, -0.25) is 0 Å². The minimum atomic E-state index is -0.288. The quantitative estimate of drug-likeness (QED) is 0.596. The average Bonchev–Trinajstić information content (AvgIpc) is 1.63. The molecule has 1 atom stereocenters. The monoisotopic (exact) mass is 134 g/mol. The summed E-state index contributed by atoms with van der Waals surface area (Å²) in [5, 5.41) is 0. The summed E-state index contributed by atoms with van der Waals surface area (Å²) in [6.45, 7) is 2.88. The number of nitrogens with two attached hydrogens (primary N) is 1. The van der Waals surface area contributed by atoms with Crippen molar-refractivity contribution in [1.82, 2.24) is 4.90 Å². The second kappa shape index (κ2) is 4.70. The lowest BCUT2D eigenvalue weighted by molar-refractivity contribution is 0.283. The molecule has 0 aliphatic carbocycles. The highest BCUT2D eigenvalue weighted by atomic mass is 19.1. The third-order valence-electron chi connectivity index (χ3n) is 1.07. The molecule has 1 unspecified atom stereocenters. The van der Waals surface area contributed by atoms with E-state index >= 15 is 0 Å². The largest absolute Gasteiger partial charge is 0.327 e. The fourth-order valence-electron chi connectivity index (χ4n) is 0.727. The second-order valence-corrected chi connectivity index (χ2v) is 2.43. The summed E-state index contributed by atoms with van der Waals surface area (Å²) in [5.41, 5.74) is 5.46. The molecule has 2 N–H and O–H groups in total. The predicted octanol–water partition coefficient (Wildman–Crippen LogP) is 0.235. The van der Waals surface area contributed by atoms with Crippen LogP contribution in [0.4, 0.5) is 4.39 Å². The molecule has 3 heteroatoms. The Labute approximate surface area is 55.8 Å². The number of hydrogen-bond donors (Lipinski definition) is 1. The second-order valence-electron chi connectivity index (χ2n) is 2.43. The molecule has 0 aliphatic rings. The first-order valence-corrected chi connectivity index (χ1v) is 3.17. The molecular weight excluding hydrogens is 119 g/mol. The minimum Gasteiger partial charge on any atom is -0.327 e. The molecule has 0 aliphatic heterocycles. The molecule has 0 rings (SSSR count). The standard InChI is InChI=1S/C6H15FN2/c1-6(8)5-9(2)4-3-7/h6H,3-5,8H2,1-2H3. The molecule has 0 fully saturated rings. The number of alkyl halides is 1. The molecule has 56 valence electrons. The highest BCUT2D eigenvalue weighted by molar-refractivity contribution is 4.58. The Balaban J connectivity index is 3.15. The lowest BCUT2D eigenvalue weighted by atomic mass is 10.3. The SMILES string of the molecule is CC(N)CN(C)CCF. The lowest BCUT2D eigenvalue weighted by Gasteiger charge is -2.16. The lowest BCUT2D eigenvalue weighted by Crippen LogP contribution is -2.33. The van der Waals surface area contributed by atoms with Crippen molar-refractivity contribution in [2.24, 2.45) is 5.73 Å². The van der Waals surface area contributed by atoms with Gasteiger partial charge in [-0.15, -0.1) is 0 Å². The van der Waals surface area contributed by atoms with Crippen LogP contribution in [0.1, 0.15) is 6.92 Å². The zero-order valence-electron chi connectivity index (χ0n) is 6.10. The molecule has 9 heavy (non-hydrogen) atoms. The minimum absolute atomic E-state index is 0.140. The first-order chi connectivity index (χ1) is 4.16. The zero-order chi connectivity index (χ0) is 7.28. The van der Waals surface area contributed by atoms with E-state index in [1.54, 1.807) is 0 Å². The van der Waals surface area contributed by atoms with Crippen molar-refractivity contribution in [3.8, 4) is 0 Å². The highest BCUT2D eigenvalue weighted by Crippen LogP contribution is 1.84. The summed E-state index contributed by atoms with van der Waals surface area (Å²) in [5.74, 6) is 0. The van der Waals surface area contributed by atoms with E-state index in [-0.39, 0.29) is 12.7 Å². The average molecular weight is 134 g/mol. The Bertz CT molecular complexity index is 66.1. The van der Waals surface area contributed by atoms with E-state index in [4.69, 9.17) is 5.73 Å². The smallest absolute Gasteiger partial charge is 0.102 e. The third kappa shape index (κ3) is 5.73. The van der Waals surface area contributed by atoms with Gasteiger partial charge in [-0.05, 0) is 14.0 Å². The number of likely N-dealkylation sites (N-methyl/N-ethyl adjacent to an activating group) is 1. The molecule has 0 amide bonds. The van der Waals surface area contributed by atoms with Crippen molar-refractivity contribution >= 4 is 0 Å².